The maximum absolute atomic E-state index is 12.8. The van der Waals surface area contributed by atoms with Crippen LogP contribution in [0.15, 0.2) is 48.5 Å². The minimum Gasteiger partial charge on any atom is -0.375 e. The van der Waals surface area contributed by atoms with Gasteiger partial charge in [0, 0.05) is 31.6 Å². The van der Waals surface area contributed by atoms with Gasteiger partial charge in [0.2, 0.25) is 5.91 Å². The van der Waals surface area contributed by atoms with E-state index in [9.17, 15) is 4.79 Å². The van der Waals surface area contributed by atoms with Gasteiger partial charge in [0.25, 0.3) is 0 Å². The van der Waals surface area contributed by atoms with E-state index in [2.05, 4.69) is 66.1 Å². The first-order valence-corrected chi connectivity index (χ1v) is 12.3. The molecule has 0 spiro atoms. The highest BCUT2D eigenvalue weighted by Gasteiger charge is 2.33. The molecule has 172 valence electrons. The minimum atomic E-state index is 0.311. The molecule has 4 nitrogen and oxygen atoms in total. The van der Waals surface area contributed by atoms with Crippen LogP contribution in [0.5, 0.6) is 0 Å². The number of ether oxygens (including phenoxy) is 1. The van der Waals surface area contributed by atoms with Crippen LogP contribution in [-0.2, 0) is 22.6 Å². The van der Waals surface area contributed by atoms with Crippen molar-refractivity contribution in [1.29, 1.82) is 0 Å². The highest BCUT2D eigenvalue weighted by atomic mass is 16.5. The summed E-state index contributed by atoms with van der Waals surface area (Å²) in [6.45, 7) is 8.74. The smallest absolute Gasteiger partial charge is 0.222 e. The van der Waals surface area contributed by atoms with Crippen LogP contribution in [0.3, 0.4) is 0 Å². The highest BCUT2D eigenvalue weighted by molar-refractivity contribution is 5.76. The second-order valence-electron chi connectivity index (χ2n) is 9.57. The summed E-state index contributed by atoms with van der Waals surface area (Å²) >= 11 is 0. The fourth-order valence-corrected chi connectivity index (χ4v) is 5.22. The lowest BCUT2D eigenvalue weighted by molar-refractivity contribution is -0.132. The van der Waals surface area contributed by atoms with Crippen LogP contribution in [0.2, 0.25) is 0 Å². The largest absolute Gasteiger partial charge is 0.375 e. The summed E-state index contributed by atoms with van der Waals surface area (Å²) in [5.74, 6) is 0.311. The average molecular weight is 435 g/mol. The van der Waals surface area contributed by atoms with Crippen molar-refractivity contribution in [3.8, 4) is 0 Å². The van der Waals surface area contributed by atoms with Gasteiger partial charge >= 0.3 is 0 Å². The molecule has 2 saturated heterocycles. The lowest BCUT2D eigenvalue weighted by atomic mass is 10.0. The van der Waals surface area contributed by atoms with Gasteiger partial charge in [-0.1, -0.05) is 48.5 Å². The van der Waals surface area contributed by atoms with E-state index >= 15 is 0 Å². The standard InChI is InChI=1S/C28H38N2O2/c1-22-10-11-24(19-23(22)2)12-13-28(31)29-17-14-26(15-18-29)30-16-6-9-27(30)21-32-20-25-7-4-3-5-8-25/h3-5,7-8,10-11,19,26-27H,6,9,12-18,20-21H2,1-2H3. The normalized spacial score (nSPS) is 20.1. The summed E-state index contributed by atoms with van der Waals surface area (Å²) in [7, 11) is 0. The third-order valence-electron chi connectivity index (χ3n) is 7.33. The van der Waals surface area contributed by atoms with E-state index in [1.54, 1.807) is 0 Å². The molecule has 1 amide bonds. The molecule has 2 aromatic carbocycles. The molecule has 0 radical (unpaired) electrons. The van der Waals surface area contributed by atoms with E-state index in [0.717, 1.165) is 39.0 Å². The third-order valence-corrected chi connectivity index (χ3v) is 7.33. The van der Waals surface area contributed by atoms with Crippen LogP contribution in [0.4, 0.5) is 0 Å². The first-order chi connectivity index (χ1) is 15.6. The fourth-order valence-electron chi connectivity index (χ4n) is 5.22. The Bertz CT molecular complexity index is 874. The summed E-state index contributed by atoms with van der Waals surface area (Å²) in [4.78, 5) is 17.5. The first-order valence-electron chi connectivity index (χ1n) is 12.3. The van der Waals surface area contributed by atoms with Crippen molar-refractivity contribution >= 4 is 5.91 Å². The van der Waals surface area contributed by atoms with Gasteiger partial charge in [-0.15, -0.1) is 0 Å². The second-order valence-corrected chi connectivity index (χ2v) is 9.57. The number of likely N-dealkylation sites (tertiary alicyclic amines) is 2. The van der Waals surface area contributed by atoms with Crippen LogP contribution >= 0.6 is 0 Å². The highest BCUT2D eigenvalue weighted by Crippen LogP contribution is 2.27. The van der Waals surface area contributed by atoms with Crippen molar-refractivity contribution in [3.05, 3.63) is 70.8 Å². The van der Waals surface area contributed by atoms with Crippen LogP contribution in [0, 0.1) is 13.8 Å². The Morgan fingerprint density at radius 2 is 1.72 bits per heavy atom. The van der Waals surface area contributed by atoms with Crippen LogP contribution in [0.1, 0.15) is 54.4 Å². The molecule has 0 aliphatic carbocycles. The van der Waals surface area contributed by atoms with Gasteiger partial charge in [0.15, 0.2) is 0 Å². The summed E-state index contributed by atoms with van der Waals surface area (Å²) < 4.78 is 6.07. The summed E-state index contributed by atoms with van der Waals surface area (Å²) in [5.41, 5.74) is 5.13. The van der Waals surface area contributed by atoms with Gasteiger partial charge in [-0.3, -0.25) is 9.69 Å². The maximum Gasteiger partial charge on any atom is 0.222 e. The van der Waals surface area contributed by atoms with Crippen molar-refractivity contribution in [2.45, 2.75) is 71.1 Å². The van der Waals surface area contributed by atoms with Gasteiger partial charge in [0.05, 0.1) is 13.2 Å². The van der Waals surface area contributed by atoms with E-state index in [-0.39, 0.29) is 0 Å². The zero-order valence-corrected chi connectivity index (χ0v) is 19.8. The van der Waals surface area contributed by atoms with Crippen molar-refractivity contribution in [2.24, 2.45) is 0 Å². The topological polar surface area (TPSA) is 32.8 Å². The fraction of sp³-hybridized carbons (Fsp3) is 0.536. The average Bonchev–Trinajstić information content (AvgIpc) is 3.29. The van der Waals surface area contributed by atoms with E-state index in [1.165, 1.54) is 41.6 Å². The Hall–Kier alpha value is -2.17. The molecular weight excluding hydrogens is 396 g/mol. The molecule has 32 heavy (non-hydrogen) atoms. The van der Waals surface area contributed by atoms with E-state index in [0.29, 0.717) is 31.0 Å². The molecule has 1 unspecified atom stereocenters. The van der Waals surface area contributed by atoms with Gasteiger partial charge in [-0.25, -0.2) is 0 Å². The van der Waals surface area contributed by atoms with Crippen molar-refractivity contribution < 1.29 is 9.53 Å². The number of amides is 1. The van der Waals surface area contributed by atoms with E-state index in [1.807, 2.05) is 6.07 Å². The Labute approximate surface area is 193 Å². The maximum atomic E-state index is 12.8. The Kier molecular flexibility index (Phi) is 7.99. The van der Waals surface area contributed by atoms with Crippen LogP contribution in [-0.4, -0.2) is 54.0 Å². The number of hydrogen-bond donors (Lipinski definition) is 0. The number of hydrogen-bond acceptors (Lipinski definition) is 3. The zero-order chi connectivity index (χ0) is 22.3. The molecule has 0 saturated carbocycles. The molecule has 2 aromatic rings. The third kappa shape index (κ3) is 5.99. The molecule has 0 bridgehead atoms. The predicted molar refractivity (Wildman–Crippen MR) is 130 cm³/mol. The Morgan fingerprint density at radius 3 is 2.47 bits per heavy atom. The van der Waals surface area contributed by atoms with Crippen molar-refractivity contribution in [3.63, 3.8) is 0 Å². The molecule has 0 N–H and O–H groups in total. The number of rotatable bonds is 8. The van der Waals surface area contributed by atoms with Crippen molar-refractivity contribution in [1.82, 2.24) is 9.80 Å². The molecule has 0 aromatic heterocycles. The Morgan fingerprint density at radius 1 is 0.938 bits per heavy atom. The Balaban J connectivity index is 1.20. The number of piperidine rings is 1. The number of aryl methyl sites for hydroxylation is 3. The molecule has 4 rings (SSSR count). The van der Waals surface area contributed by atoms with E-state index < -0.39 is 0 Å². The van der Waals surface area contributed by atoms with Gasteiger partial charge in [0.1, 0.15) is 0 Å². The summed E-state index contributed by atoms with van der Waals surface area (Å²) in [6.07, 6.45) is 6.12. The summed E-state index contributed by atoms with van der Waals surface area (Å²) in [5, 5.41) is 0. The number of nitrogens with zero attached hydrogens (tertiary/aromatic N) is 2. The molecule has 2 fully saturated rings. The van der Waals surface area contributed by atoms with Crippen LogP contribution in [0.25, 0.3) is 0 Å². The number of carbonyl (C=O) groups excluding carboxylic acids is 1. The minimum absolute atomic E-state index is 0.311. The molecule has 2 heterocycles. The molecule has 2 aliphatic rings. The van der Waals surface area contributed by atoms with Gasteiger partial charge in [-0.05, 0) is 74.8 Å². The first kappa shape index (κ1) is 23.0. The summed E-state index contributed by atoms with van der Waals surface area (Å²) in [6, 6.07) is 18.1. The quantitative estimate of drug-likeness (QED) is 0.592. The molecule has 4 heteroatoms. The molecule has 2 aliphatic heterocycles. The monoisotopic (exact) mass is 434 g/mol. The zero-order valence-electron chi connectivity index (χ0n) is 19.8. The second kappa shape index (κ2) is 11.1. The number of carbonyl (C=O) groups is 1. The molecular formula is C28H38N2O2. The molecule has 1 atom stereocenters. The van der Waals surface area contributed by atoms with Gasteiger partial charge < -0.3 is 9.64 Å². The SMILES string of the molecule is Cc1ccc(CCC(=O)N2CCC(N3CCCC3COCc3ccccc3)CC2)cc1C. The lowest BCUT2D eigenvalue weighted by Gasteiger charge is -2.39. The van der Waals surface area contributed by atoms with Crippen molar-refractivity contribution in [2.75, 3.05) is 26.2 Å². The van der Waals surface area contributed by atoms with Crippen LogP contribution < -0.4 is 0 Å². The lowest BCUT2D eigenvalue weighted by Crippen LogP contribution is -2.49. The van der Waals surface area contributed by atoms with Gasteiger partial charge in [-0.2, -0.15) is 0 Å². The van der Waals surface area contributed by atoms with E-state index in [4.69, 9.17) is 4.74 Å². The predicted octanol–water partition coefficient (Wildman–Crippen LogP) is 4.91. The number of benzene rings is 2.